The molecule has 0 unspecified atom stereocenters. The maximum Gasteiger partial charge on any atom is 0.255 e. The van der Waals surface area contributed by atoms with Crippen LogP contribution in [-0.2, 0) is 0 Å². The number of halogens is 2. The third-order valence-corrected chi connectivity index (χ3v) is 6.37. The number of carbonyl (C=O) groups is 2. The van der Waals surface area contributed by atoms with Gasteiger partial charge in [0, 0.05) is 47.5 Å². The molecule has 0 radical (unpaired) electrons. The lowest BCUT2D eigenvalue weighted by atomic mass is 10.1. The van der Waals surface area contributed by atoms with Crippen molar-refractivity contribution in [3.63, 3.8) is 0 Å². The number of nitrogens with one attached hydrogen (secondary N) is 1. The summed E-state index contributed by atoms with van der Waals surface area (Å²) in [5, 5.41) is 3.45. The standard InChI is InChI=1S/C25H23BrClN3O2/c1-17-5-2-3-8-21(17)25(32)30-13-11-29(12-14-30)23-10-9-20(16-22(23)27)28-24(31)18-6-4-7-19(26)15-18/h2-10,15-16H,11-14H2,1H3,(H,28,31). The summed E-state index contributed by atoms with van der Waals surface area (Å²) in [6, 6.07) is 20.4. The SMILES string of the molecule is Cc1ccccc1C(=O)N1CCN(c2ccc(NC(=O)c3cccc(Br)c3)cc2Cl)CC1. The van der Waals surface area contributed by atoms with Crippen molar-refractivity contribution < 1.29 is 9.59 Å². The number of nitrogens with zero attached hydrogens (tertiary/aromatic N) is 2. The van der Waals surface area contributed by atoms with Gasteiger partial charge in [-0.25, -0.2) is 0 Å². The van der Waals surface area contributed by atoms with Crippen LogP contribution in [0.2, 0.25) is 5.02 Å². The molecule has 3 aromatic rings. The molecular formula is C25H23BrClN3O2. The molecule has 0 aromatic heterocycles. The lowest BCUT2D eigenvalue weighted by molar-refractivity contribution is 0.0746. The van der Waals surface area contributed by atoms with E-state index in [2.05, 4.69) is 26.1 Å². The predicted octanol–water partition coefficient (Wildman–Crippen LogP) is 5.63. The van der Waals surface area contributed by atoms with Crippen molar-refractivity contribution in [3.05, 3.63) is 92.9 Å². The largest absolute Gasteiger partial charge is 0.367 e. The maximum atomic E-state index is 12.9. The average molecular weight is 513 g/mol. The Morgan fingerprint density at radius 3 is 2.38 bits per heavy atom. The van der Waals surface area contributed by atoms with Crippen molar-refractivity contribution in [3.8, 4) is 0 Å². The molecule has 5 nitrogen and oxygen atoms in total. The zero-order valence-electron chi connectivity index (χ0n) is 17.6. The molecule has 1 aliphatic heterocycles. The lowest BCUT2D eigenvalue weighted by Gasteiger charge is -2.36. The van der Waals surface area contributed by atoms with Gasteiger partial charge < -0.3 is 15.1 Å². The van der Waals surface area contributed by atoms with E-state index in [4.69, 9.17) is 11.6 Å². The number of piperazine rings is 1. The molecular weight excluding hydrogens is 490 g/mol. The highest BCUT2D eigenvalue weighted by atomic mass is 79.9. The second-order valence-corrected chi connectivity index (χ2v) is 9.05. The van der Waals surface area contributed by atoms with Gasteiger partial charge in [0.2, 0.25) is 0 Å². The Kier molecular flexibility index (Phi) is 6.82. The lowest BCUT2D eigenvalue weighted by Crippen LogP contribution is -2.49. The van der Waals surface area contributed by atoms with Gasteiger partial charge in [0.15, 0.2) is 0 Å². The van der Waals surface area contributed by atoms with E-state index in [0.717, 1.165) is 21.3 Å². The van der Waals surface area contributed by atoms with Crippen molar-refractivity contribution >= 4 is 50.7 Å². The van der Waals surface area contributed by atoms with Gasteiger partial charge in [-0.2, -0.15) is 0 Å². The number of benzene rings is 3. The maximum absolute atomic E-state index is 12.9. The van der Waals surface area contributed by atoms with E-state index in [9.17, 15) is 9.59 Å². The monoisotopic (exact) mass is 511 g/mol. The highest BCUT2D eigenvalue weighted by Crippen LogP contribution is 2.30. The third-order valence-electron chi connectivity index (χ3n) is 5.58. The molecule has 164 valence electrons. The molecule has 1 fully saturated rings. The fraction of sp³-hybridized carbons (Fsp3) is 0.200. The molecule has 32 heavy (non-hydrogen) atoms. The van der Waals surface area contributed by atoms with Crippen molar-refractivity contribution in [1.82, 2.24) is 4.90 Å². The van der Waals surface area contributed by atoms with Crippen LogP contribution in [0.15, 0.2) is 71.2 Å². The van der Waals surface area contributed by atoms with E-state index >= 15 is 0 Å². The Bertz CT molecular complexity index is 1160. The minimum absolute atomic E-state index is 0.0689. The first-order chi connectivity index (χ1) is 15.4. The first-order valence-corrected chi connectivity index (χ1v) is 11.6. The Morgan fingerprint density at radius 2 is 1.69 bits per heavy atom. The van der Waals surface area contributed by atoms with Crippen LogP contribution in [0.1, 0.15) is 26.3 Å². The summed E-state index contributed by atoms with van der Waals surface area (Å²) in [6.07, 6.45) is 0. The first-order valence-electron chi connectivity index (χ1n) is 10.4. The van der Waals surface area contributed by atoms with Crippen LogP contribution in [-0.4, -0.2) is 42.9 Å². The number of carbonyl (C=O) groups excluding carboxylic acids is 2. The second-order valence-electron chi connectivity index (χ2n) is 7.72. The molecule has 3 aromatic carbocycles. The van der Waals surface area contributed by atoms with Crippen molar-refractivity contribution in [2.24, 2.45) is 0 Å². The minimum atomic E-state index is -0.196. The van der Waals surface area contributed by atoms with Crippen molar-refractivity contribution in [1.29, 1.82) is 0 Å². The number of rotatable bonds is 4. The van der Waals surface area contributed by atoms with Gasteiger partial charge >= 0.3 is 0 Å². The molecule has 1 N–H and O–H groups in total. The minimum Gasteiger partial charge on any atom is -0.367 e. The van der Waals surface area contributed by atoms with E-state index in [-0.39, 0.29) is 11.8 Å². The fourth-order valence-electron chi connectivity index (χ4n) is 3.81. The third kappa shape index (κ3) is 4.97. The summed E-state index contributed by atoms with van der Waals surface area (Å²) in [7, 11) is 0. The van der Waals surface area contributed by atoms with Crippen molar-refractivity contribution in [2.45, 2.75) is 6.92 Å². The Labute approximate surface area is 201 Å². The van der Waals surface area contributed by atoms with Gasteiger partial charge in [0.25, 0.3) is 11.8 Å². The molecule has 0 spiro atoms. The molecule has 1 saturated heterocycles. The smallest absolute Gasteiger partial charge is 0.255 e. The zero-order chi connectivity index (χ0) is 22.7. The average Bonchev–Trinajstić information content (AvgIpc) is 2.79. The Morgan fingerprint density at radius 1 is 0.938 bits per heavy atom. The number of aryl methyl sites for hydroxylation is 1. The van der Waals surface area contributed by atoms with Crippen LogP contribution in [0.25, 0.3) is 0 Å². The van der Waals surface area contributed by atoms with Crippen LogP contribution in [0.3, 0.4) is 0 Å². The number of hydrogen-bond donors (Lipinski definition) is 1. The highest BCUT2D eigenvalue weighted by Gasteiger charge is 2.24. The van der Waals surface area contributed by atoms with Gasteiger partial charge in [0.05, 0.1) is 10.7 Å². The van der Waals surface area contributed by atoms with Crippen molar-refractivity contribution in [2.75, 3.05) is 36.4 Å². The highest BCUT2D eigenvalue weighted by molar-refractivity contribution is 9.10. The molecule has 4 rings (SSSR count). The van der Waals surface area contributed by atoms with Crippen LogP contribution >= 0.6 is 27.5 Å². The molecule has 0 atom stereocenters. The van der Waals surface area contributed by atoms with E-state index in [1.54, 1.807) is 18.2 Å². The fourth-order valence-corrected chi connectivity index (χ4v) is 4.51. The first kappa shape index (κ1) is 22.4. The van der Waals surface area contributed by atoms with E-state index in [1.165, 1.54) is 0 Å². The van der Waals surface area contributed by atoms with E-state index in [0.29, 0.717) is 42.5 Å². The van der Waals surface area contributed by atoms with Gasteiger partial charge in [-0.3, -0.25) is 9.59 Å². The Balaban J connectivity index is 1.39. The zero-order valence-corrected chi connectivity index (χ0v) is 20.0. The molecule has 2 amide bonds. The van der Waals surface area contributed by atoms with Crippen LogP contribution in [0.5, 0.6) is 0 Å². The van der Waals surface area contributed by atoms with Gasteiger partial charge in [-0.05, 0) is 55.0 Å². The molecule has 7 heteroatoms. The molecule has 0 saturated carbocycles. The van der Waals surface area contributed by atoms with Crippen LogP contribution < -0.4 is 10.2 Å². The summed E-state index contributed by atoms with van der Waals surface area (Å²) in [5.74, 6) is -0.127. The predicted molar refractivity (Wildman–Crippen MR) is 133 cm³/mol. The van der Waals surface area contributed by atoms with Crippen LogP contribution in [0, 0.1) is 6.92 Å². The number of hydrogen-bond acceptors (Lipinski definition) is 3. The van der Waals surface area contributed by atoms with E-state index in [1.807, 2.05) is 60.4 Å². The molecule has 0 aliphatic carbocycles. The topological polar surface area (TPSA) is 52.7 Å². The molecule has 1 aliphatic rings. The van der Waals surface area contributed by atoms with Crippen LogP contribution in [0.4, 0.5) is 11.4 Å². The summed E-state index contributed by atoms with van der Waals surface area (Å²) in [5.41, 5.74) is 3.84. The Hall–Kier alpha value is -2.83. The summed E-state index contributed by atoms with van der Waals surface area (Å²) in [4.78, 5) is 29.4. The molecule has 1 heterocycles. The van der Waals surface area contributed by atoms with E-state index < -0.39 is 0 Å². The number of amides is 2. The summed E-state index contributed by atoms with van der Waals surface area (Å²) < 4.78 is 0.846. The summed E-state index contributed by atoms with van der Waals surface area (Å²) in [6.45, 7) is 4.61. The number of anilines is 2. The normalized spacial score (nSPS) is 13.7. The summed E-state index contributed by atoms with van der Waals surface area (Å²) >= 11 is 9.93. The molecule has 0 bridgehead atoms. The quantitative estimate of drug-likeness (QED) is 0.493. The van der Waals surface area contributed by atoms with Gasteiger partial charge in [-0.15, -0.1) is 0 Å². The van der Waals surface area contributed by atoms with Gasteiger partial charge in [-0.1, -0.05) is 51.8 Å². The second kappa shape index (κ2) is 9.76. The van der Waals surface area contributed by atoms with Gasteiger partial charge in [0.1, 0.15) is 0 Å².